The van der Waals surface area contributed by atoms with Crippen molar-refractivity contribution < 1.29 is 23.0 Å². The third-order valence-electron chi connectivity index (χ3n) is 3.43. The Balaban J connectivity index is 1.78. The maximum Gasteiger partial charge on any atom is 0.387 e. The van der Waals surface area contributed by atoms with Gasteiger partial charge in [0.25, 0.3) is 5.91 Å². The first-order valence-electron chi connectivity index (χ1n) is 7.80. The molecule has 0 aliphatic carbocycles. The second-order valence-electron chi connectivity index (χ2n) is 5.27. The number of benzene rings is 3. The van der Waals surface area contributed by atoms with E-state index in [4.69, 9.17) is 4.74 Å². The standard InChI is InChI=1S/C20H15F2NO3/c21-20(22)26-16-10-6-7-14(13-16)19(24)23-17-11-4-5-12-18(17)25-15-8-2-1-3-9-15/h1-13,20H,(H,23,24). The predicted molar refractivity (Wildman–Crippen MR) is 94.0 cm³/mol. The number of alkyl halides is 2. The zero-order valence-electron chi connectivity index (χ0n) is 13.6. The van der Waals surface area contributed by atoms with E-state index in [9.17, 15) is 13.6 Å². The first-order valence-corrected chi connectivity index (χ1v) is 7.80. The van der Waals surface area contributed by atoms with Crippen LogP contribution in [0.4, 0.5) is 14.5 Å². The van der Waals surface area contributed by atoms with Gasteiger partial charge in [-0.1, -0.05) is 36.4 Å². The molecule has 0 saturated carbocycles. The third-order valence-corrected chi connectivity index (χ3v) is 3.43. The summed E-state index contributed by atoms with van der Waals surface area (Å²) in [5.41, 5.74) is 0.652. The summed E-state index contributed by atoms with van der Waals surface area (Å²) in [6, 6.07) is 21.7. The molecule has 0 heterocycles. The van der Waals surface area contributed by atoms with Gasteiger partial charge in [-0.05, 0) is 42.5 Å². The van der Waals surface area contributed by atoms with Gasteiger partial charge in [-0.3, -0.25) is 4.79 Å². The van der Waals surface area contributed by atoms with Crippen LogP contribution in [0.5, 0.6) is 17.2 Å². The number of hydrogen-bond acceptors (Lipinski definition) is 3. The Kier molecular flexibility index (Phi) is 5.43. The highest BCUT2D eigenvalue weighted by atomic mass is 19.3. The van der Waals surface area contributed by atoms with E-state index in [-0.39, 0.29) is 11.3 Å². The number of anilines is 1. The molecule has 0 saturated heterocycles. The van der Waals surface area contributed by atoms with Crippen LogP contribution < -0.4 is 14.8 Å². The van der Waals surface area contributed by atoms with E-state index < -0.39 is 12.5 Å². The molecule has 3 rings (SSSR count). The van der Waals surface area contributed by atoms with Gasteiger partial charge in [0.05, 0.1) is 5.69 Å². The van der Waals surface area contributed by atoms with Crippen molar-refractivity contribution in [1.29, 1.82) is 0 Å². The fraction of sp³-hybridized carbons (Fsp3) is 0.0500. The monoisotopic (exact) mass is 355 g/mol. The summed E-state index contributed by atoms with van der Waals surface area (Å²) in [6.07, 6.45) is 0. The summed E-state index contributed by atoms with van der Waals surface area (Å²) in [6.45, 7) is -2.95. The number of para-hydroxylation sites is 3. The average Bonchev–Trinajstić information content (AvgIpc) is 2.64. The molecule has 6 heteroatoms. The van der Waals surface area contributed by atoms with E-state index in [0.717, 1.165) is 0 Å². The summed E-state index contributed by atoms with van der Waals surface area (Å²) >= 11 is 0. The zero-order chi connectivity index (χ0) is 18.4. The molecule has 3 aromatic rings. The number of rotatable bonds is 6. The van der Waals surface area contributed by atoms with Crippen molar-refractivity contribution in [2.45, 2.75) is 6.61 Å². The van der Waals surface area contributed by atoms with Crippen LogP contribution in [-0.4, -0.2) is 12.5 Å². The van der Waals surface area contributed by atoms with Crippen LogP contribution >= 0.6 is 0 Å². The van der Waals surface area contributed by atoms with Crippen LogP contribution in [0.15, 0.2) is 78.9 Å². The molecular formula is C20H15F2NO3. The molecule has 1 N–H and O–H groups in total. The minimum atomic E-state index is -2.95. The molecule has 0 atom stereocenters. The summed E-state index contributed by atoms with van der Waals surface area (Å²) in [5.74, 6) is 0.545. The summed E-state index contributed by atoms with van der Waals surface area (Å²) < 4.78 is 34.7. The van der Waals surface area contributed by atoms with Crippen LogP contribution in [0.3, 0.4) is 0 Å². The third kappa shape index (κ3) is 4.57. The van der Waals surface area contributed by atoms with Gasteiger partial charge in [-0.25, -0.2) is 0 Å². The number of ether oxygens (including phenoxy) is 2. The highest BCUT2D eigenvalue weighted by Gasteiger charge is 2.12. The van der Waals surface area contributed by atoms with E-state index in [1.807, 2.05) is 18.2 Å². The minimum absolute atomic E-state index is 0.0820. The molecule has 132 valence electrons. The SMILES string of the molecule is O=C(Nc1ccccc1Oc1ccccc1)c1cccc(OC(F)F)c1. The largest absolute Gasteiger partial charge is 0.455 e. The smallest absolute Gasteiger partial charge is 0.387 e. The molecule has 0 radical (unpaired) electrons. The molecule has 3 aromatic carbocycles. The topological polar surface area (TPSA) is 47.6 Å². The molecule has 0 aliphatic rings. The Morgan fingerprint density at radius 3 is 2.31 bits per heavy atom. The minimum Gasteiger partial charge on any atom is -0.455 e. The van der Waals surface area contributed by atoms with E-state index >= 15 is 0 Å². The van der Waals surface area contributed by atoms with Crippen molar-refractivity contribution >= 4 is 11.6 Å². The number of carbonyl (C=O) groups is 1. The lowest BCUT2D eigenvalue weighted by atomic mass is 10.2. The number of nitrogens with one attached hydrogen (secondary N) is 1. The Morgan fingerprint density at radius 2 is 1.54 bits per heavy atom. The van der Waals surface area contributed by atoms with E-state index in [2.05, 4.69) is 10.1 Å². The van der Waals surface area contributed by atoms with Crippen LogP contribution in [0.2, 0.25) is 0 Å². The molecule has 0 aromatic heterocycles. The molecule has 0 fully saturated rings. The molecule has 4 nitrogen and oxygen atoms in total. The second-order valence-corrected chi connectivity index (χ2v) is 5.27. The van der Waals surface area contributed by atoms with Gasteiger partial charge in [0.1, 0.15) is 11.5 Å². The molecule has 0 aliphatic heterocycles. The molecular weight excluding hydrogens is 340 g/mol. The van der Waals surface area contributed by atoms with Crippen LogP contribution in [-0.2, 0) is 0 Å². The van der Waals surface area contributed by atoms with Crippen LogP contribution in [0, 0.1) is 0 Å². The fourth-order valence-electron chi connectivity index (χ4n) is 2.28. The fourth-order valence-corrected chi connectivity index (χ4v) is 2.28. The van der Waals surface area contributed by atoms with Crippen molar-refractivity contribution in [2.75, 3.05) is 5.32 Å². The van der Waals surface area contributed by atoms with Gasteiger partial charge in [0.15, 0.2) is 5.75 Å². The maximum absolute atomic E-state index is 12.4. The maximum atomic E-state index is 12.4. The average molecular weight is 355 g/mol. The lowest BCUT2D eigenvalue weighted by Crippen LogP contribution is -2.13. The highest BCUT2D eigenvalue weighted by molar-refractivity contribution is 6.05. The van der Waals surface area contributed by atoms with Crippen molar-refractivity contribution in [1.82, 2.24) is 0 Å². The molecule has 1 amide bonds. The first kappa shape index (κ1) is 17.4. The van der Waals surface area contributed by atoms with Gasteiger partial charge >= 0.3 is 6.61 Å². The van der Waals surface area contributed by atoms with Crippen molar-refractivity contribution in [2.24, 2.45) is 0 Å². The lowest BCUT2D eigenvalue weighted by Gasteiger charge is -2.12. The summed E-state index contributed by atoms with van der Waals surface area (Å²) in [5, 5.41) is 2.72. The summed E-state index contributed by atoms with van der Waals surface area (Å²) in [4.78, 5) is 12.4. The van der Waals surface area contributed by atoms with Gasteiger partial charge in [-0.2, -0.15) is 8.78 Å². The van der Waals surface area contributed by atoms with Gasteiger partial charge in [-0.15, -0.1) is 0 Å². The lowest BCUT2D eigenvalue weighted by molar-refractivity contribution is -0.0498. The van der Waals surface area contributed by atoms with Gasteiger partial charge in [0, 0.05) is 5.56 Å². The van der Waals surface area contributed by atoms with Crippen LogP contribution in [0.1, 0.15) is 10.4 Å². The van der Waals surface area contributed by atoms with E-state index in [0.29, 0.717) is 17.2 Å². The number of carbonyl (C=O) groups excluding carboxylic acids is 1. The number of halogens is 2. The van der Waals surface area contributed by atoms with Crippen LogP contribution in [0.25, 0.3) is 0 Å². The van der Waals surface area contributed by atoms with Crippen molar-refractivity contribution in [3.8, 4) is 17.2 Å². The Hall–Kier alpha value is -3.41. The van der Waals surface area contributed by atoms with Crippen molar-refractivity contribution in [3.63, 3.8) is 0 Å². The zero-order valence-corrected chi connectivity index (χ0v) is 13.6. The Bertz CT molecular complexity index is 885. The Morgan fingerprint density at radius 1 is 0.846 bits per heavy atom. The predicted octanol–water partition coefficient (Wildman–Crippen LogP) is 5.33. The molecule has 0 unspecified atom stereocenters. The van der Waals surface area contributed by atoms with Crippen molar-refractivity contribution in [3.05, 3.63) is 84.4 Å². The van der Waals surface area contributed by atoms with Gasteiger partial charge in [0.2, 0.25) is 0 Å². The quantitative estimate of drug-likeness (QED) is 0.650. The highest BCUT2D eigenvalue weighted by Crippen LogP contribution is 2.29. The summed E-state index contributed by atoms with van der Waals surface area (Å²) in [7, 11) is 0. The number of amides is 1. The Labute approximate surface area is 149 Å². The molecule has 0 bridgehead atoms. The molecule has 26 heavy (non-hydrogen) atoms. The van der Waals surface area contributed by atoms with Gasteiger partial charge < -0.3 is 14.8 Å². The van der Waals surface area contributed by atoms with E-state index in [1.165, 1.54) is 24.3 Å². The normalized spacial score (nSPS) is 10.4. The first-order chi connectivity index (χ1) is 12.6. The second kappa shape index (κ2) is 8.11. The van der Waals surface area contributed by atoms with E-state index in [1.54, 1.807) is 36.4 Å². The molecule has 0 spiro atoms. The number of hydrogen-bond donors (Lipinski definition) is 1.